The van der Waals surface area contributed by atoms with E-state index in [1.807, 2.05) is 45.0 Å². The van der Waals surface area contributed by atoms with Crippen LogP contribution in [0.1, 0.15) is 20.8 Å². The van der Waals surface area contributed by atoms with Gasteiger partial charge in [-0.3, -0.25) is 0 Å². The number of methoxy groups -OCH3 is 1. The van der Waals surface area contributed by atoms with E-state index in [1.165, 1.54) is 0 Å². The Balaban J connectivity index is 2.83. The second-order valence-electron chi connectivity index (χ2n) is 4.32. The van der Waals surface area contributed by atoms with Crippen LogP contribution in [-0.4, -0.2) is 12.6 Å². The Labute approximate surface area is 97.0 Å². The number of nitriles is 1. The highest BCUT2D eigenvalue weighted by molar-refractivity contribution is 5.50. The van der Waals surface area contributed by atoms with Gasteiger partial charge in [-0.2, -0.15) is 5.26 Å². The van der Waals surface area contributed by atoms with E-state index in [9.17, 15) is 5.26 Å². The van der Waals surface area contributed by atoms with E-state index in [2.05, 4.69) is 11.4 Å². The second-order valence-corrected chi connectivity index (χ2v) is 4.32. The first-order chi connectivity index (χ1) is 7.51. The summed E-state index contributed by atoms with van der Waals surface area (Å²) in [6.07, 6.45) is 0. The van der Waals surface area contributed by atoms with Gasteiger partial charge < -0.3 is 10.1 Å². The molecule has 3 nitrogen and oxygen atoms in total. The molecule has 0 aliphatic rings. The molecule has 86 valence electrons. The molecular weight excluding hydrogens is 200 g/mol. The number of rotatable bonds is 4. The van der Waals surface area contributed by atoms with Gasteiger partial charge in [-0.15, -0.1) is 0 Å². The van der Waals surface area contributed by atoms with Crippen molar-refractivity contribution in [2.24, 2.45) is 5.92 Å². The quantitative estimate of drug-likeness (QED) is 0.844. The summed E-state index contributed by atoms with van der Waals surface area (Å²) >= 11 is 0. The molecule has 3 heteroatoms. The van der Waals surface area contributed by atoms with Crippen molar-refractivity contribution in [3.05, 3.63) is 24.3 Å². The molecule has 0 saturated carbocycles. The van der Waals surface area contributed by atoms with Crippen LogP contribution in [0, 0.1) is 17.2 Å². The Kier molecular flexibility index (Phi) is 3.78. The summed E-state index contributed by atoms with van der Waals surface area (Å²) in [5.41, 5.74) is 0.382. The van der Waals surface area contributed by atoms with Crippen LogP contribution in [0.4, 0.5) is 5.69 Å². The first-order valence-electron chi connectivity index (χ1n) is 5.35. The topological polar surface area (TPSA) is 45.0 Å². The van der Waals surface area contributed by atoms with Crippen molar-refractivity contribution in [2.75, 3.05) is 12.4 Å². The standard InChI is InChI=1S/C13H18N2O/c1-10(2)13(3,9-14)15-11-5-7-12(16-4)8-6-11/h5-8,10,15H,1-4H3. The average molecular weight is 218 g/mol. The molecule has 1 N–H and O–H groups in total. The maximum absolute atomic E-state index is 9.18. The molecular formula is C13H18N2O. The molecule has 1 atom stereocenters. The highest BCUT2D eigenvalue weighted by atomic mass is 16.5. The van der Waals surface area contributed by atoms with Crippen LogP contribution in [0.3, 0.4) is 0 Å². The summed E-state index contributed by atoms with van der Waals surface area (Å²) in [4.78, 5) is 0. The summed E-state index contributed by atoms with van der Waals surface area (Å²) in [7, 11) is 1.63. The van der Waals surface area contributed by atoms with Crippen LogP contribution in [0.25, 0.3) is 0 Å². The fourth-order valence-electron chi connectivity index (χ4n) is 1.28. The van der Waals surface area contributed by atoms with Crippen LogP contribution in [-0.2, 0) is 0 Å². The van der Waals surface area contributed by atoms with Crippen LogP contribution in [0.15, 0.2) is 24.3 Å². The number of anilines is 1. The Hall–Kier alpha value is -1.69. The number of hydrogen-bond acceptors (Lipinski definition) is 3. The Morgan fingerprint density at radius 2 is 1.88 bits per heavy atom. The Bertz CT molecular complexity index is 378. The zero-order valence-corrected chi connectivity index (χ0v) is 10.2. The third-order valence-electron chi connectivity index (χ3n) is 2.88. The third kappa shape index (κ3) is 2.66. The summed E-state index contributed by atoms with van der Waals surface area (Å²) in [6, 6.07) is 9.89. The lowest BCUT2D eigenvalue weighted by Crippen LogP contribution is -2.38. The molecule has 0 bridgehead atoms. The van der Waals surface area contributed by atoms with E-state index in [0.717, 1.165) is 11.4 Å². The van der Waals surface area contributed by atoms with Crippen molar-refractivity contribution in [1.29, 1.82) is 5.26 Å². The molecule has 0 aromatic heterocycles. The fourth-order valence-corrected chi connectivity index (χ4v) is 1.28. The second kappa shape index (κ2) is 4.89. The van der Waals surface area contributed by atoms with Gasteiger partial charge in [-0.25, -0.2) is 0 Å². The van der Waals surface area contributed by atoms with Gasteiger partial charge in [0.15, 0.2) is 0 Å². The van der Waals surface area contributed by atoms with Crippen LogP contribution >= 0.6 is 0 Å². The van der Waals surface area contributed by atoms with E-state index >= 15 is 0 Å². The maximum Gasteiger partial charge on any atom is 0.124 e. The minimum Gasteiger partial charge on any atom is -0.497 e. The van der Waals surface area contributed by atoms with E-state index in [4.69, 9.17) is 4.74 Å². The van der Waals surface area contributed by atoms with Crippen molar-refractivity contribution in [3.8, 4) is 11.8 Å². The minimum absolute atomic E-state index is 0.236. The molecule has 0 spiro atoms. The summed E-state index contributed by atoms with van der Waals surface area (Å²) in [5, 5.41) is 12.4. The maximum atomic E-state index is 9.18. The van der Waals surface area contributed by atoms with Crippen molar-refractivity contribution in [3.63, 3.8) is 0 Å². The molecule has 1 unspecified atom stereocenters. The summed E-state index contributed by atoms with van der Waals surface area (Å²) < 4.78 is 5.08. The predicted octanol–water partition coefficient (Wildman–Crippen LogP) is 3.05. The largest absolute Gasteiger partial charge is 0.497 e. The summed E-state index contributed by atoms with van der Waals surface area (Å²) in [6.45, 7) is 5.96. The van der Waals surface area contributed by atoms with Crippen molar-refractivity contribution in [2.45, 2.75) is 26.3 Å². The highest BCUT2D eigenvalue weighted by Gasteiger charge is 2.27. The van der Waals surface area contributed by atoms with Crippen molar-refractivity contribution >= 4 is 5.69 Å². The molecule has 0 radical (unpaired) electrons. The normalized spacial score (nSPS) is 14.0. The third-order valence-corrected chi connectivity index (χ3v) is 2.88. The molecule has 0 aliphatic heterocycles. The number of nitrogens with one attached hydrogen (secondary N) is 1. The fraction of sp³-hybridized carbons (Fsp3) is 0.462. The number of ether oxygens (including phenoxy) is 1. The van der Waals surface area contributed by atoms with Crippen LogP contribution < -0.4 is 10.1 Å². The molecule has 1 aromatic rings. The minimum atomic E-state index is -0.547. The monoisotopic (exact) mass is 218 g/mol. The first-order valence-corrected chi connectivity index (χ1v) is 5.35. The lowest BCUT2D eigenvalue weighted by atomic mass is 9.90. The lowest BCUT2D eigenvalue weighted by Gasteiger charge is -2.28. The highest BCUT2D eigenvalue weighted by Crippen LogP contribution is 2.23. The first kappa shape index (κ1) is 12.4. The lowest BCUT2D eigenvalue weighted by molar-refractivity contribution is 0.414. The molecule has 1 rings (SSSR count). The predicted molar refractivity (Wildman–Crippen MR) is 65.5 cm³/mol. The number of nitrogens with zero attached hydrogens (tertiary/aromatic N) is 1. The Morgan fingerprint density at radius 1 is 1.31 bits per heavy atom. The smallest absolute Gasteiger partial charge is 0.124 e. The molecule has 0 amide bonds. The van der Waals surface area contributed by atoms with Gasteiger partial charge in [0.2, 0.25) is 0 Å². The molecule has 1 aromatic carbocycles. The zero-order valence-electron chi connectivity index (χ0n) is 10.2. The van der Waals surface area contributed by atoms with Crippen molar-refractivity contribution in [1.82, 2.24) is 0 Å². The van der Waals surface area contributed by atoms with E-state index < -0.39 is 5.54 Å². The van der Waals surface area contributed by atoms with E-state index in [-0.39, 0.29) is 5.92 Å². The van der Waals surface area contributed by atoms with Gasteiger partial charge in [0.25, 0.3) is 0 Å². The van der Waals surface area contributed by atoms with E-state index in [1.54, 1.807) is 7.11 Å². The SMILES string of the molecule is COc1ccc(NC(C)(C#N)C(C)C)cc1. The number of hydrogen-bond donors (Lipinski definition) is 1. The molecule has 0 heterocycles. The number of benzene rings is 1. The zero-order chi connectivity index (χ0) is 12.2. The molecule has 0 saturated heterocycles. The molecule has 16 heavy (non-hydrogen) atoms. The van der Waals surface area contributed by atoms with Crippen LogP contribution in [0.2, 0.25) is 0 Å². The molecule has 0 fully saturated rings. The van der Waals surface area contributed by atoms with Crippen molar-refractivity contribution < 1.29 is 4.74 Å². The summed E-state index contributed by atoms with van der Waals surface area (Å²) in [5.74, 6) is 1.05. The van der Waals surface area contributed by atoms with Gasteiger partial charge in [0.1, 0.15) is 11.3 Å². The van der Waals surface area contributed by atoms with Gasteiger partial charge >= 0.3 is 0 Å². The van der Waals surface area contributed by atoms with Gasteiger partial charge in [-0.1, -0.05) is 13.8 Å². The van der Waals surface area contributed by atoms with E-state index in [0.29, 0.717) is 0 Å². The molecule has 0 aliphatic carbocycles. The van der Waals surface area contributed by atoms with Gasteiger partial charge in [0, 0.05) is 5.69 Å². The van der Waals surface area contributed by atoms with Crippen LogP contribution in [0.5, 0.6) is 5.75 Å². The Morgan fingerprint density at radius 3 is 2.25 bits per heavy atom. The van der Waals surface area contributed by atoms with Gasteiger partial charge in [-0.05, 0) is 37.1 Å². The van der Waals surface area contributed by atoms with Gasteiger partial charge in [0.05, 0.1) is 13.2 Å². The average Bonchev–Trinajstić information content (AvgIpc) is 2.29.